The molecule has 0 aliphatic carbocycles. The number of anilines is 1. The quantitative estimate of drug-likeness (QED) is 0.860. The van der Waals surface area contributed by atoms with Gasteiger partial charge in [-0.05, 0) is 42.3 Å². The van der Waals surface area contributed by atoms with E-state index in [1.165, 1.54) is 18.2 Å². The summed E-state index contributed by atoms with van der Waals surface area (Å²) in [6, 6.07) is 11.5. The van der Waals surface area contributed by atoms with Crippen molar-refractivity contribution in [3.05, 3.63) is 59.7 Å². The maximum atomic E-state index is 13.7. The van der Waals surface area contributed by atoms with Crippen molar-refractivity contribution in [1.29, 1.82) is 0 Å². The molecular formula is C15H13F2NS. The molecule has 0 saturated carbocycles. The van der Waals surface area contributed by atoms with E-state index in [1.54, 1.807) is 30.0 Å². The van der Waals surface area contributed by atoms with E-state index in [4.69, 9.17) is 0 Å². The van der Waals surface area contributed by atoms with Crippen molar-refractivity contribution in [3.8, 4) is 0 Å². The highest BCUT2D eigenvalue weighted by atomic mass is 32.2. The van der Waals surface area contributed by atoms with Crippen molar-refractivity contribution in [2.75, 3.05) is 11.1 Å². The first kappa shape index (κ1) is 12.5. The molecule has 1 nitrogen and oxygen atoms in total. The van der Waals surface area contributed by atoms with E-state index in [1.807, 2.05) is 6.07 Å². The Kier molecular flexibility index (Phi) is 3.42. The highest BCUT2D eigenvalue weighted by Gasteiger charge is 2.22. The monoisotopic (exact) mass is 277 g/mol. The zero-order valence-electron chi connectivity index (χ0n) is 10.2. The fourth-order valence-corrected chi connectivity index (χ4v) is 3.42. The molecule has 0 aromatic heterocycles. The number of halogens is 2. The van der Waals surface area contributed by atoms with Crippen molar-refractivity contribution < 1.29 is 8.78 Å². The van der Waals surface area contributed by atoms with Gasteiger partial charge in [-0.25, -0.2) is 8.78 Å². The number of nitrogens with one attached hydrogen (secondary N) is 1. The smallest absolute Gasteiger partial charge is 0.137 e. The summed E-state index contributed by atoms with van der Waals surface area (Å²) in [5, 5.41) is 3.34. The molecule has 0 spiro atoms. The molecule has 1 atom stereocenters. The Morgan fingerprint density at radius 2 is 1.84 bits per heavy atom. The minimum atomic E-state index is -0.254. The molecule has 0 radical (unpaired) electrons. The van der Waals surface area contributed by atoms with Crippen LogP contribution in [0.4, 0.5) is 14.5 Å². The molecule has 19 heavy (non-hydrogen) atoms. The van der Waals surface area contributed by atoms with Crippen LogP contribution in [0.2, 0.25) is 0 Å². The largest absolute Gasteiger partial charge is 0.378 e. The SMILES string of the molecule is Fc1ccc(NC2CCSc3c(F)cccc32)cc1. The van der Waals surface area contributed by atoms with Crippen LogP contribution in [0.3, 0.4) is 0 Å². The fourth-order valence-electron chi connectivity index (χ4n) is 2.28. The van der Waals surface area contributed by atoms with Crippen LogP contribution in [0.1, 0.15) is 18.0 Å². The van der Waals surface area contributed by atoms with Crippen molar-refractivity contribution in [1.82, 2.24) is 0 Å². The topological polar surface area (TPSA) is 12.0 Å². The zero-order valence-corrected chi connectivity index (χ0v) is 11.0. The Morgan fingerprint density at radius 1 is 1.05 bits per heavy atom. The van der Waals surface area contributed by atoms with Crippen molar-refractivity contribution in [2.24, 2.45) is 0 Å². The molecule has 1 aliphatic heterocycles. The van der Waals surface area contributed by atoms with E-state index in [9.17, 15) is 8.78 Å². The Morgan fingerprint density at radius 3 is 2.63 bits per heavy atom. The van der Waals surface area contributed by atoms with Crippen LogP contribution in [0.5, 0.6) is 0 Å². The zero-order chi connectivity index (χ0) is 13.2. The molecule has 0 bridgehead atoms. The van der Waals surface area contributed by atoms with E-state index in [0.29, 0.717) is 0 Å². The Bertz CT molecular complexity index is 583. The second-order valence-corrected chi connectivity index (χ2v) is 5.60. The second-order valence-electron chi connectivity index (χ2n) is 4.50. The lowest BCUT2D eigenvalue weighted by molar-refractivity contribution is 0.585. The average Bonchev–Trinajstić information content (AvgIpc) is 2.43. The molecule has 98 valence electrons. The van der Waals surface area contributed by atoms with E-state index < -0.39 is 0 Å². The number of thioether (sulfide) groups is 1. The molecule has 1 N–H and O–H groups in total. The third kappa shape index (κ3) is 2.59. The lowest BCUT2D eigenvalue weighted by Gasteiger charge is -2.27. The van der Waals surface area contributed by atoms with Crippen LogP contribution in [0.15, 0.2) is 47.4 Å². The lowest BCUT2D eigenvalue weighted by atomic mass is 10.0. The number of benzene rings is 2. The van der Waals surface area contributed by atoms with Crippen LogP contribution in [-0.4, -0.2) is 5.75 Å². The van der Waals surface area contributed by atoms with Gasteiger partial charge >= 0.3 is 0 Å². The van der Waals surface area contributed by atoms with Crippen molar-refractivity contribution in [2.45, 2.75) is 17.4 Å². The summed E-state index contributed by atoms with van der Waals surface area (Å²) in [7, 11) is 0. The molecule has 0 amide bonds. The first-order valence-electron chi connectivity index (χ1n) is 6.17. The molecule has 3 rings (SSSR count). The standard InChI is InChI=1S/C15H13F2NS/c16-10-4-6-11(7-5-10)18-14-8-9-19-15-12(14)2-1-3-13(15)17/h1-7,14,18H,8-9H2. The highest BCUT2D eigenvalue weighted by Crippen LogP contribution is 2.39. The molecule has 0 fully saturated rings. The van der Waals surface area contributed by atoms with Crippen LogP contribution >= 0.6 is 11.8 Å². The summed E-state index contributed by atoms with van der Waals surface area (Å²) in [4.78, 5) is 0.730. The molecule has 1 unspecified atom stereocenters. The number of hydrogen-bond acceptors (Lipinski definition) is 2. The van der Waals surface area contributed by atoms with Crippen molar-refractivity contribution >= 4 is 17.4 Å². The highest BCUT2D eigenvalue weighted by molar-refractivity contribution is 7.99. The van der Waals surface area contributed by atoms with E-state index >= 15 is 0 Å². The van der Waals surface area contributed by atoms with Crippen LogP contribution < -0.4 is 5.32 Å². The predicted octanol–water partition coefficient (Wildman–Crippen LogP) is 4.61. The van der Waals surface area contributed by atoms with E-state index in [0.717, 1.165) is 28.3 Å². The first-order chi connectivity index (χ1) is 9.24. The summed E-state index contributed by atoms with van der Waals surface area (Å²) in [6.07, 6.45) is 0.929. The summed E-state index contributed by atoms with van der Waals surface area (Å²) in [5.74, 6) is 0.469. The Balaban J connectivity index is 1.88. The van der Waals surface area contributed by atoms with Gasteiger partial charge in [0.1, 0.15) is 11.6 Å². The summed E-state index contributed by atoms with van der Waals surface area (Å²) in [6.45, 7) is 0. The van der Waals surface area contributed by atoms with Gasteiger partial charge in [-0.1, -0.05) is 12.1 Å². The maximum absolute atomic E-state index is 13.7. The predicted molar refractivity (Wildman–Crippen MR) is 74.5 cm³/mol. The fraction of sp³-hybridized carbons (Fsp3) is 0.200. The first-order valence-corrected chi connectivity index (χ1v) is 7.16. The van der Waals surface area contributed by atoms with Gasteiger partial charge in [-0.2, -0.15) is 0 Å². The molecule has 2 aromatic carbocycles. The van der Waals surface area contributed by atoms with Gasteiger partial charge in [0.15, 0.2) is 0 Å². The van der Waals surface area contributed by atoms with Crippen molar-refractivity contribution in [3.63, 3.8) is 0 Å². The minimum Gasteiger partial charge on any atom is -0.378 e. The summed E-state index contributed by atoms with van der Waals surface area (Å²) >= 11 is 1.56. The molecule has 4 heteroatoms. The van der Waals surface area contributed by atoms with Gasteiger partial charge in [0.25, 0.3) is 0 Å². The van der Waals surface area contributed by atoms with Gasteiger partial charge in [-0.3, -0.25) is 0 Å². The maximum Gasteiger partial charge on any atom is 0.137 e. The van der Waals surface area contributed by atoms with E-state index in [-0.39, 0.29) is 17.7 Å². The van der Waals surface area contributed by atoms with Gasteiger partial charge < -0.3 is 5.32 Å². The van der Waals surface area contributed by atoms with Crippen LogP contribution in [0, 0.1) is 11.6 Å². The Labute approximate surface area is 115 Å². The summed E-state index contributed by atoms with van der Waals surface area (Å²) in [5.41, 5.74) is 1.84. The van der Waals surface area contributed by atoms with Gasteiger partial charge in [0.2, 0.25) is 0 Å². The molecular weight excluding hydrogens is 264 g/mol. The normalized spacial score (nSPS) is 17.9. The van der Waals surface area contributed by atoms with E-state index in [2.05, 4.69) is 5.32 Å². The van der Waals surface area contributed by atoms with Gasteiger partial charge in [-0.15, -0.1) is 11.8 Å². The third-order valence-electron chi connectivity index (χ3n) is 3.21. The average molecular weight is 277 g/mol. The lowest BCUT2D eigenvalue weighted by Crippen LogP contribution is -2.16. The number of hydrogen-bond donors (Lipinski definition) is 1. The Hall–Kier alpha value is -1.55. The second kappa shape index (κ2) is 5.21. The number of fused-ring (bicyclic) bond motifs is 1. The minimum absolute atomic E-state index is 0.0809. The molecule has 0 saturated heterocycles. The number of rotatable bonds is 2. The molecule has 1 aliphatic rings. The van der Waals surface area contributed by atoms with Gasteiger partial charge in [0.05, 0.1) is 6.04 Å². The third-order valence-corrected chi connectivity index (χ3v) is 4.37. The summed E-state index contributed by atoms with van der Waals surface area (Å²) < 4.78 is 26.6. The molecule has 2 aromatic rings. The van der Waals surface area contributed by atoms with Crippen LogP contribution in [-0.2, 0) is 0 Å². The molecule has 1 heterocycles. The van der Waals surface area contributed by atoms with Crippen LogP contribution in [0.25, 0.3) is 0 Å². The van der Waals surface area contributed by atoms with Gasteiger partial charge in [0, 0.05) is 16.3 Å².